The van der Waals surface area contributed by atoms with Gasteiger partial charge in [0.05, 0.1) is 33.8 Å². The van der Waals surface area contributed by atoms with Crippen LogP contribution in [0, 0.1) is 0 Å². The average Bonchev–Trinajstić information content (AvgIpc) is 2.88. The van der Waals surface area contributed by atoms with Crippen molar-refractivity contribution in [2.75, 3.05) is 0 Å². The molecule has 0 amide bonds. The van der Waals surface area contributed by atoms with E-state index >= 15 is 0 Å². The van der Waals surface area contributed by atoms with Crippen LogP contribution < -0.4 is 4.72 Å². The molecule has 0 aliphatic rings. The quantitative estimate of drug-likeness (QED) is 0.933. The van der Waals surface area contributed by atoms with Crippen molar-refractivity contribution in [1.82, 2.24) is 14.3 Å². The fourth-order valence-electron chi connectivity index (χ4n) is 1.71. The van der Waals surface area contributed by atoms with E-state index in [1.807, 2.05) is 62.7 Å². The fourth-order valence-corrected chi connectivity index (χ4v) is 2.64. The maximum Gasteiger partial charge on any atom is 0.0995 e. The second kappa shape index (κ2) is 6.30. The van der Waals surface area contributed by atoms with Crippen LogP contribution >= 0.6 is 11.6 Å². The monoisotopic (exact) mass is 325 g/mol. The predicted octanol–water partition coefficient (Wildman–Crippen LogP) is 3.64. The van der Waals surface area contributed by atoms with Crippen LogP contribution in [0.4, 0.5) is 0 Å². The van der Waals surface area contributed by atoms with E-state index < -0.39 is 11.0 Å². The Kier molecular flexibility index (Phi) is 4.86. The minimum atomic E-state index is -1.12. The number of benzene rings is 1. The standard InChI is InChI=1S/C15H20ClN3OS/c1-11(18-21(20)15(2,3)4)14-9-19(10-17-14)13-7-5-12(16)6-8-13/h5-11,18H,1-4H3/t11-,21+/m0/s1. The van der Waals surface area contributed by atoms with Crippen molar-refractivity contribution in [1.29, 1.82) is 0 Å². The Bertz CT molecular complexity index is 631. The first-order chi connectivity index (χ1) is 9.77. The molecule has 2 aromatic rings. The minimum Gasteiger partial charge on any atom is -0.306 e. The maximum absolute atomic E-state index is 12.1. The molecule has 6 heteroatoms. The van der Waals surface area contributed by atoms with Crippen LogP contribution in [0.2, 0.25) is 5.02 Å². The number of nitrogens with zero attached hydrogens (tertiary/aromatic N) is 2. The zero-order chi connectivity index (χ0) is 15.6. The van der Waals surface area contributed by atoms with Crippen LogP contribution in [0.1, 0.15) is 39.4 Å². The molecular weight excluding hydrogens is 306 g/mol. The lowest BCUT2D eigenvalue weighted by molar-refractivity contribution is 0.612. The van der Waals surface area contributed by atoms with Crippen molar-refractivity contribution < 1.29 is 4.21 Å². The van der Waals surface area contributed by atoms with Gasteiger partial charge in [-0.1, -0.05) is 11.6 Å². The van der Waals surface area contributed by atoms with Gasteiger partial charge in [0.25, 0.3) is 0 Å². The summed E-state index contributed by atoms with van der Waals surface area (Å²) in [5, 5.41) is 0.703. The van der Waals surface area contributed by atoms with Gasteiger partial charge in [-0.2, -0.15) is 0 Å². The molecule has 2 rings (SSSR count). The lowest BCUT2D eigenvalue weighted by atomic mass is 10.3. The second-order valence-electron chi connectivity index (χ2n) is 5.90. The highest BCUT2D eigenvalue weighted by molar-refractivity contribution is 7.84. The largest absolute Gasteiger partial charge is 0.306 e. The van der Waals surface area contributed by atoms with Crippen LogP contribution in [0.15, 0.2) is 36.8 Å². The molecule has 0 saturated heterocycles. The summed E-state index contributed by atoms with van der Waals surface area (Å²) in [6, 6.07) is 7.46. The Hall–Kier alpha value is -1.17. The lowest BCUT2D eigenvalue weighted by Gasteiger charge is -2.21. The average molecular weight is 326 g/mol. The van der Waals surface area contributed by atoms with E-state index in [1.165, 1.54) is 0 Å². The molecule has 1 heterocycles. The fraction of sp³-hybridized carbons (Fsp3) is 0.400. The molecule has 1 aromatic carbocycles. The van der Waals surface area contributed by atoms with Gasteiger partial charge in [-0.05, 0) is 52.0 Å². The molecule has 2 atom stereocenters. The lowest BCUT2D eigenvalue weighted by Crippen LogP contribution is -2.34. The molecule has 0 radical (unpaired) electrons. The molecule has 114 valence electrons. The highest BCUT2D eigenvalue weighted by atomic mass is 35.5. The van der Waals surface area contributed by atoms with Gasteiger partial charge in [-0.3, -0.25) is 0 Å². The number of halogens is 1. The highest BCUT2D eigenvalue weighted by Gasteiger charge is 2.22. The third kappa shape index (κ3) is 4.15. The van der Waals surface area contributed by atoms with Crippen molar-refractivity contribution in [3.05, 3.63) is 47.5 Å². The van der Waals surface area contributed by atoms with Crippen molar-refractivity contribution in [2.24, 2.45) is 0 Å². The Morgan fingerprint density at radius 1 is 1.29 bits per heavy atom. The Balaban J connectivity index is 2.12. The summed E-state index contributed by atoms with van der Waals surface area (Å²) < 4.78 is 16.8. The molecule has 1 aromatic heterocycles. The molecule has 0 unspecified atom stereocenters. The number of aromatic nitrogens is 2. The molecule has 4 nitrogen and oxygen atoms in total. The van der Waals surface area contributed by atoms with Gasteiger partial charge in [0.15, 0.2) is 0 Å². The van der Waals surface area contributed by atoms with Gasteiger partial charge in [0, 0.05) is 16.9 Å². The van der Waals surface area contributed by atoms with E-state index in [4.69, 9.17) is 11.6 Å². The molecule has 0 aliphatic heterocycles. The first-order valence-corrected chi connectivity index (χ1v) is 8.28. The summed E-state index contributed by atoms with van der Waals surface area (Å²) >= 11 is 5.89. The molecule has 0 spiro atoms. The minimum absolute atomic E-state index is 0.0846. The van der Waals surface area contributed by atoms with E-state index in [2.05, 4.69) is 9.71 Å². The topological polar surface area (TPSA) is 46.9 Å². The van der Waals surface area contributed by atoms with Crippen molar-refractivity contribution in [2.45, 2.75) is 38.5 Å². The Morgan fingerprint density at radius 2 is 1.90 bits per heavy atom. The van der Waals surface area contributed by atoms with Gasteiger partial charge in [-0.15, -0.1) is 0 Å². The summed E-state index contributed by atoms with van der Waals surface area (Å²) in [5.41, 5.74) is 1.84. The van der Waals surface area contributed by atoms with Crippen LogP contribution in [-0.2, 0) is 11.0 Å². The van der Waals surface area contributed by atoms with Crippen LogP contribution in [0.3, 0.4) is 0 Å². The smallest absolute Gasteiger partial charge is 0.0995 e. The highest BCUT2D eigenvalue weighted by Crippen LogP contribution is 2.18. The number of nitrogens with one attached hydrogen (secondary N) is 1. The first-order valence-electron chi connectivity index (χ1n) is 6.75. The zero-order valence-electron chi connectivity index (χ0n) is 12.6. The predicted molar refractivity (Wildman–Crippen MR) is 88.0 cm³/mol. The van der Waals surface area contributed by atoms with Crippen LogP contribution in [-0.4, -0.2) is 18.5 Å². The molecule has 21 heavy (non-hydrogen) atoms. The van der Waals surface area contributed by atoms with Gasteiger partial charge in [0.2, 0.25) is 0 Å². The molecule has 0 fully saturated rings. The van der Waals surface area contributed by atoms with Gasteiger partial charge in [-0.25, -0.2) is 13.9 Å². The third-order valence-electron chi connectivity index (χ3n) is 3.01. The summed E-state index contributed by atoms with van der Waals surface area (Å²) in [6.45, 7) is 7.78. The van der Waals surface area contributed by atoms with Crippen LogP contribution in [0.5, 0.6) is 0 Å². The van der Waals surface area contributed by atoms with E-state index in [0.29, 0.717) is 5.02 Å². The molecule has 0 aliphatic carbocycles. The van der Waals surface area contributed by atoms with E-state index in [-0.39, 0.29) is 10.8 Å². The number of hydrogen-bond donors (Lipinski definition) is 1. The van der Waals surface area contributed by atoms with Gasteiger partial charge < -0.3 is 4.57 Å². The summed E-state index contributed by atoms with van der Waals surface area (Å²) in [4.78, 5) is 4.38. The van der Waals surface area contributed by atoms with Gasteiger partial charge in [0.1, 0.15) is 0 Å². The Labute approximate surface area is 133 Å². The molecule has 1 N–H and O–H groups in total. The summed E-state index contributed by atoms with van der Waals surface area (Å²) in [6.07, 6.45) is 3.68. The number of rotatable bonds is 4. The maximum atomic E-state index is 12.1. The first kappa shape index (κ1) is 16.2. The van der Waals surface area contributed by atoms with Crippen molar-refractivity contribution in [3.8, 4) is 5.69 Å². The van der Waals surface area contributed by atoms with Gasteiger partial charge >= 0.3 is 0 Å². The molecular formula is C15H20ClN3OS. The van der Waals surface area contributed by atoms with E-state index in [9.17, 15) is 4.21 Å². The van der Waals surface area contributed by atoms with E-state index in [1.54, 1.807) is 6.33 Å². The number of imidazole rings is 1. The number of hydrogen-bond acceptors (Lipinski definition) is 2. The third-order valence-corrected chi connectivity index (χ3v) is 4.94. The van der Waals surface area contributed by atoms with Crippen molar-refractivity contribution in [3.63, 3.8) is 0 Å². The molecule has 0 bridgehead atoms. The van der Waals surface area contributed by atoms with Crippen LogP contribution in [0.25, 0.3) is 5.69 Å². The Morgan fingerprint density at radius 3 is 2.48 bits per heavy atom. The SMILES string of the molecule is C[C@H](N[S@](=O)C(C)(C)C)c1cn(-c2ccc(Cl)cc2)cn1. The zero-order valence-corrected chi connectivity index (χ0v) is 14.2. The van der Waals surface area contributed by atoms with E-state index in [0.717, 1.165) is 11.4 Å². The summed E-state index contributed by atoms with van der Waals surface area (Å²) in [7, 11) is -1.12. The molecule has 0 saturated carbocycles. The second-order valence-corrected chi connectivity index (χ2v) is 8.34. The summed E-state index contributed by atoms with van der Waals surface area (Å²) in [5.74, 6) is 0. The van der Waals surface area contributed by atoms with Crippen molar-refractivity contribution >= 4 is 22.6 Å². The normalized spacial score (nSPS) is 14.9.